The van der Waals surface area contributed by atoms with Gasteiger partial charge in [-0.3, -0.25) is 0 Å². The van der Waals surface area contributed by atoms with Crippen LogP contribution in [0.1, 0.15) is 30.9 Å². The Bertz CT molecular complexity index is 1170. The van der Waals surface area contributed by atoms with Crippen LogP contribution in [0.25, 0.3) is 0 Å². The first-order valence-corrected chi connectivity index (χ1v) is 13.2. The van der Waals surface area contributed by atoms with Gasteiger partial charge in [-0.05, 0) is 54.2 Å². The molecule has 1 aliphatic heterocycles. The van der Waals surface area contributed by atoms with Crippen LogP contribution in [0.2, 0.25) is 0 Å². The lowest BCUT2D eigenvalue weighted by molar-refractivity contribution is 0.116. The highest BCUT2D eigenvalue weighted by Gasteiger charge is 2.40. The predicted molar refractivity (Wildman–Crippen MR) is 132 cm³/mol. The van der Waals surface area contributed by atoms with Crippen LogP contribution in [0, 0.1) is 5.92 Å². The van der Waals surface area contributed by atoms with Crippen molar-refractivity contribution in [2.45, 2.75) is 30.2 Å². The third kappa shape index (κ3) is 4.86. The number of ether oxygens (including phenoxy) is 1. The Morgan fingerprint density at radius 1 is 0.912 bits per heavy atom. The van der Waals surface area contributed by atoms with E-state index in [4.69, 9.17) is 10.5 Å². The maximum atomic E-state index is 12.8. The van der Waals surface area contributed by atoms with Gasteiger partial charge in [0, 0.05) is 13.1 Å². The van der Waals surface area contributed by atoms with E-state index in [1.165, 1.54) is 24.3 Å². The molecule has 0 saturated carbocycles. The zero-order chi connectivity index (χ0) is 24.2. The molecule has 2 N–H and O–H groups in total. The van der Waals surface area contributed by atoms with Crippen molar-refractivity contribution in [3.05, 3.63) is 96.1 Å². The van der Waals surface area contributed by atoms with E-state index in [9.17, 15) is 13.2 Å². The van der Waals surface area contributed by atoms with Gasteiger partial charge >= 0.3 is 6.09 Å². The number of carbonyl (C=O) groups excluding carboxylic acids is 1. The Labute approximate surface area is 201 Å². The third-order valence-corrected chi connectivity index (χ3v) is 8.42. The van der Waals surface area contributed by atoms with Gasteiger partial charge in [-0.15, -0.1) is 0 Å². The summed E-state index contributed by atoms with van der Waals surface area (Å²) in [4.78, 5) is 14.7. The van der Waals surface area contributed by atoms with Crippen LogP contribution in [0.15, 0.2) is 89.8 Å². The Morgan fingerprint density at radius 2 is 1.41 bits per heavy atom. The number of hydrogen-bond acceptors (Lipinski definition) is 5. The minimum Gasteiger partial charge on any atom is -0.410 e. The van der Waals surface area contributed by atoms with E-state index in [2.05, 4.69) is 24.3 Å². The monoisotopic (exact) mass is 478 g/mol. The smallest absolute Gasteiger partial charge is 0.410 e. The quantitative estimate of drug-likeness (QED) is 0.560. The molecule has 7 heteroatoms. The first kappa shape index (κ1) is 24.0. The molecule has 1 saturated heterocycles. The summed E-state index contributed by atoms with van der Waals surface area (Å²) in [5, 5.41) is 0. The van der Waals surface area contributed by atoms with E-state index in [0.717, 1.165) is 24.0 Å². The Balaban J connectivity index is 1.45. The molecular weight excluding hydrogens is 448 g/mol. The second kappa shape index (κ2) is 9.99. The number of hydrogen-bond donors (Lipinski definition) is 1. The number of benzene rings is 3. The Hall–Kier alpha value is -3.16. The standard InChI is InChI=1S/C27H30N2O4S/c1-2-34(31,32)25-15-13-24(14-16-25)33-26(30)29-19-17-23(18-20-29)27(28,21-9-5-3-6-10-21)22-11-7-4-8-12-22/h3-16,23H,2,17-20,28H2,1H3. The molecule has 3 aromatic rings. The third-order valence-electron chi connectivity index (χ3n) is 6.67. The lowest BCUT2D eigenvalue weighted by Crippen LogP contribution is -2.51. The first-order chi connectivity index (χ1) is 16.3. The largest absolute Gasteiger partial charge is 0.415 e. The van der Waals surface area contributed by atoms with E-state index in [-0.39, 0.29) is 16.6 Å². The topological polar surface area (TPSA) is 89.7 Å². The van der Waals surface area contributed by atoms with Crippen molar-refractivity contribution in [2.75, 3.05) is 18.8 Å². The van der Waals surface area contributed by atoms with Crippen molar-refractivity contribution >= 4 is 15.9 Å². The van der Waals surface area contributed by atoms with Crippen molar-refractivity contribution in [2.24, 2.45) is 11.7 Å². The lowest BCUT2D eigenvalue weighted by atomic mass is 9.70. The summed E-state index contributed by atoms with van der Waals surface area (Å²) in [6, 6.07) is 26.2. The number of carbonyl (C=O) groups is 1. The first-order valence-electron chi connectivity index (χ1n) is 11.5. The van der Waals surface area contributed by atoms with Gasteiger partial charge in [-0.25, -0.2) is 13.2 Å². The van der Waals surface area contributed by atoms with Crippen molar-refractivity contribution < 1.29 is 17.9 Å². The second-order valence-corrected chi connectivity index (χ2v) is 10.9. The molecule has 0 bridgehead atoms. The van der Waals surface area contributed by atoms with Crippen molar-refractivity contribution in [1.29, 1.82) is 0 Å². The fourth-order valence-electron chi connectivity index (χ4n) is 4.63. The summed E-state index contributed by atoms with van der Waals surface area (Å²) in [5.74, 6) is 0.499. The van der Waals surface area contributed by atoms with Crippen molar-refractivity contribution in [3.8, 4) is 5.75 Å². The van der Waals surface area contributed by atoms with E-state index in [1.807, 2.05) is 36.4 Å². The van der Waals surface area contributed by atoms with Gasteiger partial charge < -0.3 is 15.4 Å². The molecular formula is C27H30N2O4S. The van der Waals surface area contributed by atoms with Gasteiger partial charge in [0.15, 0.2) is 9.84 Å². The summed E-state index contributed by atoms with van der Waals surface area (Å²) in [6.07, 6.45) is 1.04. The maximum Gasteiger partial charge on any atom is 0.415 e. The number of rotatable bonds is 6. The molecule has 6 nitrogen and oxygen atoms in total. The van der Waals surface area contributed by atoms with Crippen LogP contribution in [0.5, 0.6) is 5.75 Å². The molecule has 0 spiro atoms. The molecule has 178 valence electrons. The fraction of sp³-hybridized carbons (Fsp3) is 0.296. The highest BCUT2D eigenvalue weighted by molar-refractivity contribution is 7.91. The number of likely N-dealkylation sites (tertiary alicyclic amines) is 1. The van der Waals surface area contributed by atoms with Crippen LogP contribution < -0.4 is 10.5 Å². The minimum absolute atomic E-state index is 0.0235. The molecule has 3 aromatic carbocycles. The van der Waals surface area contributed by atoms with Gasteiger partial charge in [0.25, 0.3) is 0 Å². The van der Waals surface area contributed by atoms with E-state index >= 15 is 0 Å². The van der Waals surface area contributed by atoms with Crippen LogP contribution in [-0.4, -0.2) is 38.3 Å². The normalized spacial score (nSPS) is 15.2. The maximum absolute atomic E-state index is 12.8. The molecule has 0 unspecified atom stereocenters. The van der Waals surface area contributed by atoms with Crippen molar-refractivity contribution in [3.63, 3.8) is 0 Å². The summed E-state index contributed by atoms with van der Waals surface area (Å²) in [6.45, 7) is 2.66. The number of nitrogens with two attached hydrogens (primary N) is 1. The number of nitrogens with zero attached hydrogens (tertiary/aromatic N) is 1. The van der Waals surface area contributed by atoms with Gasteiger partial charge in [0.1, 0.15) is 5.75 Å². The summed E-state index contributed by atoms with van der Waals surface area (Å²) >= 11 is 0. The molecule has 0 atom stereocenters. The summed E-state index contributed by atoms with van der Waals surface area (Å²) < 4.78 is 29.5. The SMILES string of the molecule is CCS(=O)(=O)c1ccc(OC(=O)N2CCC(C(N)(c3ccccc3)c3ccccc3)CC2)cc1. The Kier molecular flexibility index (Phi) is 7.05. The molecule has 0 aliphatic carbocycles. The van der Waals surface area contributed by atoms with Gasteiger partial charge in [0.2, 0.25) is 0 Å². The van der Waals surface area contributed by atoms with E-state index < -0.39 is 21.5 Å². The predicted octanol–water partition coefficient (Wildman–Crippen LogP) is 4.59. The summed E-state index contributed by atoms with van der Waals surface area (Å²) in [7, 11) is -3.29. The molecule has 0 radical (unpaired) electrons. The molecule has 4 rings (SSSR count). The highest BCUT2D eigenvalue weighted by atomic mass is 32.2. The fourth-order valence-corrected chi connectivity index (χ4v) is 5.51. The van der Waals surface area contributed by atoms with Crippen molar-refractivity contribution in [1.82, 2.24) is 4.90 Å². The zero-order valence-electron chi connectivity index (χ0n) is 19.3. The number of piperidine rings is 1. The lowest BCUT2D eigenvalue weighted by Gasteiger charge is -2.43. The molecule has 0 aromatic heterocycles. The molecule has 1 aliphatic rings. The van der Waals surface area contributed by atoms with Crippen LogP contribution >= 0.6 is 0 Å². The van der Waals surface area contributed by atoms with Crippen LogP contribution in [0.4, 0.5) is 4.79 Å². The Morgan fingerprint density at radius 3 is 1.88 bits per heavy atom. The zero-order valence-corrected chi connectivity index (χ0v) is 20.1. The summed E-state index contributed by atoms with van der Waals surface area (Å²) in [5.41, 5.74) is 8.60. The average molecular weight is 479 g/mol. The molecule has 34 heavy (non-hydrogen) atoms. The second-order valence-electron chi connectivity index (χ2n) is 8.61. The molecule has 1 fully saturated rings. The van der Waals surface area contributed by atoms with Crippen LogP contribution in [-0.2, 0) is 15.4 Å². The van der Waals surface area contributed by atoms with Gasteiger partial charge in [0.05, 0.1) is 16.2 Å². The average Bonchev–Trinajstić information content (AvgIpc) is 2.89. The van der Waals surface area contributed by atoms with E-state index in [1.54, 1.807) is 11.8 Å². The number of amides is 1. The highest BCUT2D eigenvalue weighted by Crippen LogP contribution is 2.40. The minimum atomic E-state index is -3.29. The van der Waals surface area contributed by atoms with Gasteiger partial charge in [-0.1, -0.05) is 67.6 Å². The molecule has 1 heterocycles. The van der Waals surface area contributed by atoms with Gasteiger partial charge in [-0.2, -0.15) is 0 Å². The van der Waals surface area contributed by atoms with E-state index in [0.29, 0.717) is 18.8 Å². The number of sulfone groups is 1. The van der Waals surface area contributed by atoms with Crippen LogP contribution in [0.3, 0.4) is 0 Å². The molecule has 1 amide bonds.